The summed E-state index contributed by atoms with van der Waals surface area (Å²) in [6.07, 6.45) is 2.31. The first-order chi connectivity index (χ1) is 25.9. The van der Waals surface area contributed by atoms with Gasteiger partial charge in [0.05, 0.1) is 70.7 Å². The molecule has 0 amide bonds. The Morgan fingerprint density at radius 3 is 1.13 bits per heavy atom. The first kappa shape index (κ1) is 45.1. The van der Waals surface area contributed by atoms with Crippen LogP contribution in [0.2, 0.25) is 0 Å². The Morgan fingerprint density at radius 2 is 0.836 bits per heavy atom. The molecule has 0 spiro atoms. The number of thiocarbonyl (C=S) groups is 2. The minimum atomic E-state index is -1.19. The van der Waals surface area contributed by atoms with Gasteiger partial charge in [-0.05, 0) is 121 Å². The molecule has 4 aromatic rings. The molecular weight excluding hydrogens is 885 g/mol. The molecule has 0 aliphatic rings. The number of benzene rings is 2. The van der Waals surface area contributed by atoms with E-state index in [4.69, 9.17) is 9.97 Å². The monoisotopic (exact) mass is 921 g/mol. The van der Waals surface area contributed by atoms with Gasteiger partial charge in [-0.1, -0.05) is 24.3 Å². The number of pyridine rings is 2. The van der Waals surface area contributed by atoms with Crippen LogP contribution in [0.5, 0.6) is 0 Å². The fourth-order valence-electron chi connectivity index (χ4n) is 5.73. The molecule has 0 saturated carbocycles. The molecule has 283 valence electrons. The number of hydrogen-bond donors (Lipinski definition) is 4. The predicted molar refractivity (Wildman–Crippen MR) is 206 cm³/mol. The number of nitrogens with zero attached hydrogens (tertiary/aromatic N) is 6. The van der Waals surface area contributed by atoms with E-state index < -0.39 is 50.1 Å². The van der Waals surface area contributed by atoms with Crippen LogP contribution in [-0.2, 0) is 58.0 Å². The van der Waals surface area contributed by atoms with Gasteiger partial charge in [-0.15, -0.1) is 0 Å². The van der Waals surface area contributed by atoms with Crippen molar-refractivity contribution in [3.8, 4) is 11.4 Å². The maximum absolute atomic E-state index is 11.6. The molecule has 14 nitrogen and oxygen atoms in total. The minimum absolute atomic E-state index is 0. The van der Waals surface area contributed by atoms with Crippen LogP contribution in [0.15, 0.2) is 82.8 Å². The molecule has 0 unspecified atom stereocenters. The van der Waals surface area contributed by atoms with Gasteiger partial charge in [0.25, 0.3) is 0 Å². The Labute approximate surface area is 368 Å². The van der Waals surface area contributed by atoms with E-state index >= 15 is 0 Å². The molecule has 2 aromatic carbocycles. The number of aliphatic imine (C=N–C) groups is 2. The standard InChI is InChI=1S/C38H36N6O8S2.Eu/c45-35(46)19-43(20-36(47)48)17-31-13-27(3-1-25-5-9-29(10-6-25)39-23-53)15-33(41-31)34-16-28(4-2-26-7-11-30(12-8-26)40-24-54)14-32(42-34)18-44(21-37(49)50)22-38(51)52;/h5-16H,1-4,17-22H2,(H,45,46)(H,47,48)(H,49,50)(H,51,52);/q;+2. The van der Waals surface area contributed by atoms with Crippen molar-refractivity contribution >= 4 is 70.0 Å². The summed E-state index contributed by atoms with van der Waals surface area (Å²) < 4.78 is 0. The van der Waals surface area contributed by atoms with Crippen molar-refractivity contribution in [1.82, 2.24) is 19.8 Å². The predicted octanol–water partition coefficient (Wildman–Crippen LogP) is 5.13. The largest absolute Gasteiger partial charge is 2.00 e. The molecule has 55 heavy (non-hydrogen) atoms. The summed E-state index contributed by atoms with van der Waals surface area (Å²) in [5.74, 6) is -4.77. The first-order valence-corrected chi connectivity index (χ1v) is 17.4. The van der Waals surface area contributed by atoms with Gasteiger partial charge < -0.3 is 20.4 Å². The third kappa shape index (κ3) is 16.2. The maximum atomic E-state index is 11.6. The molecule has 1 radical (unpaired) electrons. The molecule has 0 aliphatic heterocycles. The van der Waals surface area contributed by atoms with Crippen molar-refractivity contribution in [3.05, 3.63) is 106 Å². The molecule has 2 heterocycles. The molecule has 17 heteroatoms. The van der Waals surface area contributed by atoms with Gasteiger partial charge in [0.15, 0.2) is 0 Å². The number of aromatic nitrogens is 2. The molecule has 0 bridgehead atoms. The Bertz CT molecular complexity index is 1910. The number of aryl methyl sites for hydroxylation is 4. The van der Waals surface area contributed by atoms with Crippen molar-refractivity contribution in [1.29, 1.82) is 0 Å². The molecule has 2 aromatic heterocycles. The van der Waals surface area contributed by atoms with Crippen LogP contribution in [0, 0.1) is 49.4 Å². The van der Waals surface area contributed by atoms with E-state index in [1.54, 1.807) is 12.1 Å². The van der Waals surface area contributed by atoms with Crippen LogP contribution in [0.3, 0.4) is 0 Å². The van der Waals surface area contributed by atoms with Crippen molar-refractivity contribution in [2.75, 3.05) is 26.2 Å². The zero-order valence-electron chi connectivity index (χ0n) is 29.3. The van der Waals surface area contributed by atoms with Gasteiger partial charge >= 0.3 is 73.3 Å². The Morgan fingerprint density at radius 1 is 0.527 bits per heavy atom. The third-order valence-electron chi connectivity index (χ3n) is 7.97. The van der Waals surface area contributed by atoms with Gasteiger partial charge in [-0.25, -0.2) is 9.97 Å². The van der Waals surface area contributed by atoms with Crippen LogP contribution in [0.4, 0.5) is 11.4 Å². The fraction of sp³-hybridized carbons (Fsp3) is 0.263. The van der Waals surface area contributed by atoms with E-state index in [2.05, 4.69) is 44.7 Å². The fourth-order valence-corrected chi connectivity index (χ4v) is 5.94. The summed E-state index contributed by atoms with van der Waals surface area (Å²) in [6.45, 7) is -2.25. The Hall–Kier alpha value is -4.28. The van der Waals surface area contributed by atoms with E-state index in [-0.39, 0.29) is 62.5 Å². The smallest absolute Gasteiger partial charge is 0.480 e. The number of aliphatic carboxylic acids is 4. The van der Waals surface area contributed by atoms with Gasteiger partial charge in [0.1, 0.15) is 0 Å². The Kier molecular flexibility index (Phi) is 18.8. The first-order valence-electron chi connectivity index (χ1n) is 16.5. The molecule has 0 saturated heterocycles. The zero-order valence-corrected chi connectivity index (χ0v) is 33.4. The summed E-state index contributed by atoms with van der Waals surface area (Å²) in [7, 11) is 0. The molecule has 0 atom stereocenters. The van der Waals surface area contributed by atoms with E-state index in [1.807, 2.05) is 60.7 Å². The van der Waals surface area contributed by atoms with Crippen molar-refractivity contribution in [3.63, 3.8) is 0 Å². The normalized spacial score (nSPS) is 10.6. The van der Waals surface area contributed by atoms with Gasteiger partial charge in [-0.2, -0.15) is 9.98 Å². The average molecular weight is 921 g/mol. The van der Waals surface area contributed by atoms with E-state index in [1.165, 1.54) is 9.80 Å². The van der Waals surface area contributed by atoms with Gasteiger partial charge in [-0.3, -0.25) is 29.0 Å². The minimum Gasteiger partial charge on any atom is -0.480 e. The second kappa shape index (κ2) is 22.9. The molecule has 4 rings (SSSR count). The zero-order chi connectivity index (χ0) is 39.0. The summed E-state index contributed by atoms with van der Waals surface area (Å²) in [6, 6.07) is 22.3. The van der Waals surface area contributed by atoms with Gasteiger partial charge in [0, 0.05) is 13.1 Å². The van der Waals surface area contributed by atoms with Crippen molar-refractivity contribution < 1.29 is 89.0 Å². The number of hydrogen-bond acceptors (Lipinski definition) is 12. The van der Waals surface area contributed by atoms with Crippen molar-refractivity contribution in [2.45, 2.75) is 38.8 Å². The summed E-state index contributed by atoms with van der Waals surface area (Å²) in [5, 5.41) is 42.6. The van der Waals surface area contributed by atoms with Crippen molar-refractivity contribution in [2.24, 2.45) is 9.98 Å². The molecule has 0 aliphatic carbocycles. The third-order valence-corrected chi connectivity index (χ3v) is 8.15. The molecular formula is C38H36EuN6O8S2+2. The van der Waals surface area contributed by atoms with Crippen LogP contribution in [0.1, 0.15) is 33.6 Å². The maximum Gasteiger partial charge on any atom is 2.00 e. The molecule has 0 fully saturated rings. The number of carbonyl (C=O) groups is 4. The number of carboxylic acids is 4. The second-order valence-electron chi connectivity index (χ2n) is 12.3. The summed E-state index contributed by atoms with van der Waals surface area (Å²) >= 11 is 9.37. The SMILES string of the molecule is O=C(O)CN(CC(=O)O)Cc1cc(CCc2ccc(N=C=S)cc2)cc(-c2cc(CCc3ccc(N=C=S)cc3)cc(CN(CC(=O)O)CC(=O)O)n2)n1.[Eu+2]. The topological polar surface area (TPSA) is 206 Å². The van der Waals surface area contributed by atoms with Crippen LogP contribution in [-0.4, -0.2) is 101 Å². The summed E-state index contributed by atoms with van der Waals surface area (Å²) in [5.41, 5.74) is 6.70. The quantitative estimate of drug-likeness (QED) is 0.0633. The Balaban J connectivity index is 0.00000812. The van der Waals surface area contributed by atoms with E-state index in [0.29, 0.717) is 59.8 Å². The van der Waals surface area contributed by atoms with Crippen LogP contribution in [0.25, 0.3) is 11.4 Å². The summed E-state index contributed by atoms with van der Waals surface area (Å²) in [4.78, 5) is 66.5. The van der Waals surface area contributed by atoms with E-state index in [0.717, 1.165) is 22.3 Å². The van der Waals surface area contributed by atoms with Crippen LogP contribution < -0.4 is 0 Å². The average Bonchev–Trinajstić information content (AvgIpc) is 3.10. The number of isothiocyanates is 2. The van der Waals surface area contributed by atoms with Gasteiger partial charge in [0.2, 0.25) is 0 Å². The van der Waals surface area contributed by atoms with E-state index in [9.17, 15) is 39.6 Å². The second-order valence-corrected chi connectivity index (χ2v) is 12.7. The van der Waals surface area contributed by atoms with Crippen LogP contribution >= 0.6 is 24.4 Å². The molecule has 4 N–H and O–H groups in total. The number of rotatable bonds is 21. The number of carboxylic acid groups (broad SMARTS) is 4.